The smallest absolute Gasteiger partial charge is 0.254 e. The highest BCUT2D eigenvalue weighted by atomic mass is 32.2. The van der Waals surface area contributed by atoms with E-state index in [4.69, 9.17) is 9.88 Å². The number of sulfonamides is 1. The molecule has 8 heteroatoms. The highest BCUT2D eigenvalue weighted by Crippen LogP contribution is 2.18. The van der Waals surface area contributed by atoms with Crippen LogP contribution < -0.4 is 10.5 Å². The lowest BCUT2D eigenvalue weighted by atomic mass is 10.1. The molecular formula is C13H19FN2O4S. The van der Waals surface area contributed by atoms with E-state index >= 15 is 0 Å². The Balaban J connectivity index is 3.06. The average molecular weight is 318 g/mol. The Morgan fingerprint density at radius 1 is 1.48 bits per heavy atom. The number of hydrogen-bond acceptors (Lipinski definition) is 4. The minimum absolute atomic E-state index is 0.0382. The Morgan fingerprint density at radius 3 is 2.62 bits per heavy atom. The van der Waals surface area contributed by atoms with E-state index in [-0.39, 0.29) is 22.1 Å². The molecule has 0 heterocycles. The molecular weight excluding hydrogens is 299 g/mol. The van der Waals surface area contributed by atoms with Crippen molar-refractivity contribution in [3.05, 3.63) is 29.1 Å². The van der Waals surface area contributed by atoms with Gasteiger partial charge in [0.15, 0.2) is 0 Å². The summed E-state index contributed by atoms with van der Waals surface area (Å²) in [5, 5.41) is 7.60. The minimum atomic E-state index is -4.01. The van der Waals surface area contributed by atoms with E-state index < -0.39 is 21.7 Å². The van der Waals surface area contributed by atoms with Gasteiger partial charge in [0.05, 0.1) is 10.5 Å². The summed E-state index contributed by atoms with van der Waals surface area (Å²) in [6.07, 6.45) is 0.553. The molecule has 3 N–H and O–H groups in total. The van der Waals surface area contributed by atoms with E-state index in [9.17, 15) is 17.6 Å². The van der Waals surface area contributed by atoms with Crippen molar-refractivity contribution in [1.29, 1.82) is 0 Å². The van der Waals surface area contributed by atoms with Crippen LogP contribution in [-0.4, -0.2) is 34.1 Å². The molecule has 1 aromatic rings. The van der Waals surface area contributed by atoms with E-state index in [0.29, 0.717) is 13.0 Å². The van der Waals surface area contributed by atoms with Gasteiger partial charge < -0.3 is 10.1 Å². The molecule has 118 valence electrons. The summed E-state index contributed by atoms with van der Waals surface area (Å²) < 4.78 is 41.6. The third kappa shape index (κ3) is 4.76. The molecule has 21 heavy (non-hydrogen) atoms. The normalized spacial score (nSPS) is 13.0. The number of halogens is 1. The number of aryl methyl sites for hydroxylation is 1. The van der Waals surface area contributed by atoms with Gasteiger partial charge in [-0.05, 0) is 38.0 Å². The number of carbonyl (C=O) groups excluding carboxylic acids is 1. The Labute approximate surface area is 123 Å². The van der Waals surface area contributed by atoms with Gasteiger partial charge in [-0.2, -0.15) is 0 Å². The van der Waals surface area contributed by atoms with Crippen LogP contribution in [0, 0.1) is 12.7 Å². The largest absolute Gasteiger partial charge is 0.385 e. The summed E-state index contributed by atoms with van der Waals surface area (Å²) in [6.45, 7) is 3.56. The summed E-state index contributed by atoms with van der Waals surface area (Å²) in [7, 11) is -2.47. The van der Waals surface area contributed by atoms with E-state index in [2.05, 4.69) is 5.32 Å². The fourth-order valence-corrected chi connectivity index (χ4v) is 2.36. The SMILES string of the molecule is COCCC(C)NC(=O)c1cc(S(N)(=O)=O)cc(C)c1F. The van der Waals surface area contributed by atoms with Crippen LogP contribution in [0.4, 0.5) is 4.39 Å². The molecule has 1 amide bonds. The van der Waals surface area contributed by atoms with E-state index in [1.165, 1.54) is 14.0 Å². The Bertz CT molecular complexity index is 631. The van der Waals surface area contributed by atoms with Crippen LogP contribution in [0.1, 0.15) is 29.3 Å². The number of benzene rings is 1. The third-order valence-corrected chi connectivity index (χ3v) is 3.83. The maximum Gasteiger partial charge on any atom is 0.254 e. The molecule has 0 aromatic heterocycles. The van der Waals surface area contributed by atoms with Crippen LogP contribution >= 0.6 is 0 Å². The van der Waals surface area contributed by atoms with Crippen molar-refractivity contribution in [2.45, 2.75) is 31.2 Å². The van der Waals surface area contributed by atoms with Gasteiger partial charge in [0.1, 0.15) is 5.82 Å². The first kappa shape index (κ1) is 17.5. The summed E-state index contributed by atoms with van der Waals surface area (Å²) in [6, 6.07) is 1.79. The number of ether oxygens (including phenoxy) is 1. The molecule has 0 bridgehead atoms. The van der Waals surface area contributed by atoms with Crippen LogP contribution in [-0.2, 0) is 14.8 Å². The van der Waals surface area contributed by atoms with Gasteiger partial charge in [-0.3, -0.25) is 4.79 Å². The molecule has 6 nitrogen and oxygen atoms in total. The van der Waals surface area contributed by atoms with Crippen LogP contribution in [0.2, 0.25) is 0 Å². The predicted octanol–water partition coefficient (Wildman–Crippen LogP) is 0.936. The topological polar surface area (TPSA) is 98.5 Å². The highest BCUT2D eigenvalue weighted by Gasteiger charge is 2.20. The van der Waals surface area contributed by atoms with Gasteiger partial charge >= 0.3 is 0 Å². The summed E-state index contributed by atoms with van der Waals surface area (Å²) in [4.78, 5) is 11.7. The highest BCUT2D eigenvalue weighted by molar-refractivity contribution is 7.89. The molecule has 1 unspecified atom stereocenters. The van der Waals surface area contributed by atoms with Crippen LogP contribution in [0.3, 0.4) is 0 Å². The lowest BCUT2D eigenvalue weighted by Crippen LogP contribution is -2.34. The fraction of sp³-hybridized carbons (Fsp3) is 0.462. The van der Waals surface area contributed by atoms with E-state index in [1.54, 1.807) is 6.92 Å². The van der Waals surface area contributed by atoms with Crippen molar-refractivity contribution in [2.24, 2.45) is 5.14 Å². The number of nitrogens with two attached hydrogens (primary N) is 1. The van der Waals surface area contributed by atoms with Crippen molar-refractivity contribution in [2.75, 3.05) is 13.7 Å². The second kappa shape index (κ2) is 6.97. The molecule has 0 saturated heterocycles. The lowest BCUT2D eigenvalue weighted by molar-refractivity contribution is 0.0925. The molecule has 0 fully saturated rings. The van der Waals surface area contributed by atoms with Crippen molar-refractivity contribution < 1.29 is 22.3 Å². The zero-order valence-corrected chi connectivity index (χ0v) is 13.0. The molecule has 0 aliphatic rings. The number of amides is 1. The van der Waals surface area contributed by atoms with Crippen molar-refractivity contribution in [3.63, 3.8) is 0 Å². The monoisotopic (exact) mass is 318 g/mol. The first-order valence-electron chi connectivity index (χ1n) is 6.29. The fourth-order valence-electron chi connectivity index (χ4n) is 1.73. The van der Waals surface area contributed by atoms with Crippen molar-refractivity contribution >= 4 is 15.9 Å². The quantitative estimate of drug-likeness (QED) is 0.815. The Morgan fingerprint density at radius 2 is 2.10 bits per heavy atom. The molecule has 0 aliphatic heterocycles. The van der Waals surface area contributed by atoms with Gasteiger partial charge in [0.25, 0.3) is 5.91 Å². The zero-order chi connectivity index (χ0) is 16.2. The van der Waals surface area contributed by atoms with Crippen LogP contribution in [0.5, 0.6) is 0 Å². The molecule has 1 rings (SSSR count). The lowest BCUT2D eigenvalue weighted by Gasteiger charge is -2.15. The van der Waals surface area contributed by atoms with Gasteiger partial charge in [0.2, 0.25) is 10.0 Å². The van der Waals surface area contributed by atoms with E-state index in [1.807, 2.05) is 0 Å². The van der Waals surface area contributed by atoms with Gasteiger partial charge in [-0.25, -0.2) is 17.9 Å². The standard InChI is InChI=1S/C13H19FN2O4S/c1-8-6-10(21(15,18)19)7-11(12(8)14)13(17)16-9(2)4-5-20-3/h6-7,9H,4-5H2,1-3H3,(H,16,17)(H2,15,18,19). The maximum absolute atomic E-state index is 14.0. The van der Waals surface area contributed by atoms with Crippen molar-refractivity contribution in [3.8, 4) is 0 Å². The molecule has 0 saturated carbocycles. The summed E-state index contributed by atoms with van der Waals surface area (Å²) in [5.41, 5.74) is -0.306. The van der Waals surface area contributed by atoms with Crippen LogP contribution in [0.25, 0.3) is 0 Å². The molecule has 0 spiro atoms. The molecule has 1 aromatic carbocycles. The average Bonchev–Trinajstić information content (AvgIpc) is 2.37. The number of primary sulfonamides is 1. The number of hydrogen-bond donors (Lipinski definition) is 2. The van der Waals surface area contributed by atoms with Gasteiger partial charge in [-0.15, -0.1) is 0 Å². The van der Waals surface area contributed by atoms with Crippen molar-refractivity contribution in [1.82, 2.24) is 5.32 Å². The first-order valence-corrected chi connectivity index (χ1v) is 7.84. The molecule has 1 atom stereocenters. The number of nitrogens with one attached hydrogen (secondary N) is 1. The zero-order valence-electron chi connectivity index (χ0n) is 12.1. The minimum Gasteiger partial charge on any atom is -0.385 e. The first-order chi connectivity index (χ1) is 9.66. The number of rotatable bonds is 6. The van der Waals surface area contributed by atoms with Gasteiger partial charge in [0, 0.05) is 19.8 Å². The second-order valence-electron chi connectivity index (χ2n) is 4.80. The number of carbonyl (C=O) groups is 1. The predicted molar refractivity (Wildman–Crippen MR) is 75.9 cm³/mol. The van der Waals surface area contributed by atoms with Gasteiger partial charge in [-0.1, -0.05) is 0 Å². The number of methoxy groups -OCH3 is 1. The molecule has 0 aliphatic carbocycles. The summed E-state index contributed by atoms with van der Waals surface area (Å²) >= 11 is 0. The van der Waals surface area contributed by atoms with Crippen LogP contribution in [0.15, 0.2) is 17.0 Å². The maximum atomic E-state index is 14.0. The van der Waals surface area contributed by atoms with E-state index in [0.717, 1.165) is 12.1 Å². The Kier molecular flexibility index (Phi) is 5.82. The molecule has 0 radical (unpaired) electrons. The summed E-state index contributed by atoms with van der Waals surface area (Å²) in [5.74, 6) is -1.46. The second-order valence-corrected chi connectivity index (χ2v) is 6.36. The third-order valence-electron chi connectivity index (χ3n) is 2.93. The Hall–Kier alpha value is -1.51.